The number of ether oxygens (including phenoxy) is 3. The number of cyclic esters (lactones) is 1. The monoisotopic (exact) mass is 517 g/mol. The van der Waals surface area contributed by atoms with Crippen molar-refractivity contribution in [2.45, 2.75) is 123 Å². The Hall–Kier alpha value is -0.810. The predicted molar refractivity (Wildman–Crippen MR) is 136 cm³/mol. The van der Waals surface area contributed by atoms with Gasteiger partial charge in [0.05, 0.1) is 29.8 Å². The third-order valence-corrected chi connectivity index (χ3v) is 8.17. The Morgan fingerprint density at radius 3 is 2.19 bits per heavy atom. The minimum Gasteiger partial charge on any atom is -0.462 e. The van der Waals surface area contributed by atoms with Gasteiger partial charge in [-0.15, -0.1) is 0 Å². The summed E-state index contributed by atoms with van der Waals surface area (Å²) in [4.78, 5) is 15.1. The number of esters is 1. The maximum absolute atomic E-state index is 13.1. The summed E-state index contributed by atoms with van der Waals surface area (Å²) in [5, 5.41) is 43.4. The van der Waals surface area contributed by atoms with Crippen molar-refractivity contribution in [1.29, 1.82) is 0 Å². The number of likely N-dealkylation sites (N-methyl/N-ethyl adjacent to an activating group) is 1. The molecule has 0 aromatic rings. The Kier molecular flexibility index (Phi) is 10.8. The standard InChI is InChI=1S/C27H51NO8/c1-15-11-26(7,32)12-17(3)23(36-21-10-16(2)22(29)20(6)35-21)18(4)25(31)34-14-27(8,33)24(30)19(5)28(9)13-15/h15-24,29-30,32-33H,10-14H2,1-9H3/t15-,16+,17-,18-,19-,20+,21+,22-,23+,24-,26-,27-/m1/s1. The quantitative estimate of drug-likeness (QED) is 0.406. The van der Waals surface area contributed by atoms with Crippen molar-refractivity contribution >= 4 is 5.97 Å². The van der Waals surface area contributed by atoms with E-state index in [1.54, 1.807) is 20.8 Å². The molecule has 0 unspecified atom stereocenters. The zero-order valence-corrected chi connectivity index (χ0v) is 23.7. The van der Waals surface area contributed by atoms with Gasteiger partial charge in [0.1, 0.15) is 18.3 Å². The number of carbonyl (C=O) groups is 1. The molecule has 0 aliphatic carbocycles. The first kappa shape index (κ1) is 31.4. The molecule has 212 valence electrons. The van der Waals surface area contributed by atoms with Crippen LogP contribution in [0.15, 0.2) is 0 Å². The van der Waals surface area contributed by atoms with Gasteiger partial charge in [-0.05, 0) is 72.3 Å². The first-order chi connectivity index (χ1) is 16.4. The van der Waals surface area contributed by atoms with Crippen LogP contribution in [0.4, 0.5) is 0 Å². The average Bonchev–Trinajstić information content (AvgIpc) is 2.76. The molecule has 0 radical (unpaired) electrons. The zero-order valence-electron chi connectivity index (χ0n) is 23.7. The molecule has 2 aliphatic rings. The largest absolute Gasteiger partial charge is 0.462 e. The minimum absolute atomic E-state index is 0.0295. The van der Waals surface area contributed by atoms with Gasteiger partial charge in [-0.2, -0.15) is 0 Å². The zero-order chi connectivity index (χ0) is 27.6. The maximum atomic E-state index is 13.1. The molecular formula is C27H51NO8. The smallest absolute Gasteiger partial charge is 0.311 e. The molecule has 0 bridgehead atoms. The molecule has 2 fully saturated rings. The fourth-order valence-electron chi connectivity index (χ4n) is 5.98. The van der Waals surface area contributed by atoms with Gasteiger partial charge < -0.3 is 39.5 Å². The number of rotatable bonds is 2. The van der Waals surface area contributed by atoms with Gasteiger partial charge in [0.25, 0.3) is 0 Å². The van der Waals surface area contributed by atoms with Crippen molar-refractivity contribution in [3.05, 3.63) is 0 Å². The van der Waals surface area contributed by atoms with Crippen LogP contribution in [0.3, 0.4) is 0 Å². The highest BCUT2D eigenvalue weighted by Crippen LogP contribution is 2.34. The van der Waals surface area contributed by atoms with Crippen LogP contribution in [0.25, 0.3) is 0 Å². The summed E-state index contributed by atoms with van der Waals surface area (Å²) in [7, 11) is 1.87. The highest BCUT2D eigenvalue weighted by molar-refractivity contribution is 5.72. The maximum Gasteiger partial charge on any atom is 0.311 e. The van der Waals surface area contributed by atoms with E-state index in [0.29, 0.717) is 25.8 Å². The van der Waals surface area contributed by atoms with Crippen molar-refractivity contribution in [1.82, 2.24) is 4.90 Å². The second kappa shape index (κ2) is 12.4. The molecule has 0 amide bonds. The third-order valence-electron chi connectivity index (χ3n) is 8.17. The summed E-state index contributed by atoms with van der Waals surface area (Å²) in [5.41, 5.74) is -2.66. The number of nitrogens with zero attached hydrogens (tertiary/aromatic N) is 1. The van der Waals surface area contributed by atoms with Crippen molar-refractivity contribution in [3.63, 3.8) is 0 Å². The third kappa shape index (κ3) is 8.09. The van der Waals surface area contributed by atoms with Gasteiger partial charge in [-0.3, -0.25) is 4.79 Å². The molecule has 36 heavy (non-hydrogen) atoms. The van der Waals surface area contributed by atoms with Crippen LogP contribution in [0, 0.1) is 23.7 Å². The Bertz CT molecular complexity index is 704. The molecule has 2 saturated heterocycles. The van der Waals surface area contributed by atoms with Gasteiger partial charge >= 0.3 is 5.97 Å². The molecule has 2 rings (SSSR count). The molecule has 4 N–H and O–H groups in total. The molecule has 0 aromatic carbocycles. The van der Waals surface area contributed by atoms with Crippen molar-refractivity contribution in [2.75, 3.05) is 20.2 Å². The summed E-state index contributed by atoms with van der Waals surface area (Å²) in [6, 6.07) is -0.397. The average molecular weight is 518 g/mol. The van der Waals surface area contributed by atoms with Crippen LogP contribution in [-0.2, 0) is 19.0 Å². The second-order valence-corrected chi connectivity index (χ2v) is 12.4. The van der Waals surface area contributed by atoms with Crippen LogP contribution in [-0.4, -0.2) is 99.4 Å². The Labute approximate surface area is 217 Å². The lowest BCUT2D eigenvalue weighted by Crippen LogP contribution is -2.55. The fourth-order valence-corrected chi connectivity index (χ4v) is 5.98. The van der Waals surface area contributed by atoms with E-state index in [1.165, 1.54) is 6.92 Å². The Morgan fingerprint density at radius 2 is 1.61 bits per heavy atom. The highest BCUT2D eigenvalue weighted by Gasteiger charge is 2.43. The second-order valence-electron chi connectivity index (χ2n) is 12.4. The van der Waals surface area contributed by atoms with Gasteiger partial charge in [0, 0.05) is 19.0 Å². The highest BCUT2D eigenvalue weighted by atomic mass is 16.7. The number of hydrogen-bond donors (Lipinski definition) is 4. The molecule has 0 spiro atoms. The van der Waals surface area contributed by atoms with E-state index in [1.807, 2.05) is 32.7 Å². The number of carbonyl (C=O) groups excluding carboxylic acids is 1. The van der Waals surface area contributed by atoms with E-state index in [-0.39, 0.29) is 24.4 Å². The van der Waals surface area contributed by atoms with Gasteiger partial charge in [-0.1, -0.05) is 20.8 Å². The molecule has 2 heterocycles. The molecule has 0 aromatic heterocycles. The van der Waals surface area contributed by atoms with Crippen LogP contribution in [0.1, 0.15) is 74.7 Å². The Morgan fingerprint density at radius 1 is 1.00 bits per heavy atom. The normalized spacial score (nSPS) is 49.1. The molecule has 2 aliphatic heterocycles. The van der Waals surface area contributed by atoms with Crippen LogP contribution in [0.5, 0.6) is 0 Å². The summed E-state index contributed by atoms with van der Waals surface area (Å²) in [6.07, 6.45) is -1.97. The first-order valence-electron chi connectivity index (χ1n) is 13.4. The summed E-state index contributed by atoms with van der Waals surface area (Å²) < 4.78 is 17.8. The number of hydrogen-bond acceptors (Lipinski definition) is 9. The lowest BCUT2D eigenvalue weighted by molar-refractivity contribution is -0.261. The van der Waals surface area contributed by atoms with E-state index < -0.39 is 59.8 Å². The van der Waals surface area contributed by atoms with Gasteiger partial charge in [0.15, 0.2) is 6.29 Å². The lowest BCUT2D eigenvalue weighted by atomic mass is 9.80. The summed E-state index contributed by atoms with van der Waals surface area (Å²) in [6.45, 7) is 14.8. The van der Waals surface area contributed by atoms with Crippen LogP contribution < -0.4 is 0 Å². The van der Waals surface area contributed by atoms with Gasteiger partial charge in [-0.25, -0.2) is 0 Å². The van der Waals surface area contributed by atoms with E-state index in [9.17, 15) is 25.2 Å². The molecule has 9 nitrogen and oxygen atoms in total. The summed E-state index contributed by atoms with van der Waals surface area (Å²) in [5.74, 6) is -1.41. The fraction of sp³-hybridized carbons (Fsp3) is 0.963. The van der Waals surface area contributed by atoms with Crippen LogP contribution >= 0.6 is 0 Å². The molecule has 9 heteroatoms. The topological polar surface area (TPSA) is 129 Å². The molecular weight excluding hydrogens is 466 g/mol. The summed E-state index contributed by atoms with van der Waals surface area (Å²) >= 11 is 0. The van der Waals surface area contributed by atoms with Gasteiger partial charge in [0.2, 0.25) is 0 Å². The molecule has 0 saturated carbocycles. The van der Waals surface area contributed by atoms with Crippen molar-refractivity contribution in [3.8, 4) is 0 Å². The van der Waals surface area contributed by atoms with E-state index >= 15 is 0 Å². The van der Waals surface area contributed by atoms with Crippen molar-refractivity contribution in [2.24, 2.45) is 23.7 Å². The minimum atomic E-state index is -1.65. The number of aliphatic hydroxyl groups excluding tert-OH is 2. The molecule has 12 atom stereocenters. The van der Waals surface area contributed by atoms with Crippen LogP contribution in [0.2, 0.25) is 0 Å². The van der Waals surface area contributed by atoms with E-state index in [4.69, 9.17) is 14.2 Å². The van der Waals surface area contributed by atoms with E-state index in [2.05, 4.69) is 6.92 Å². The SMILES string of the molecule is C[C@H]1CN(C)[C@H](C)[C@@H](O)[C@](C)(O)COC(=O)[C@H](C)[C@@H](O[C@H]2C[C@H](C)[C@@H](O)[C@H](C)O2)[C@H](C)C[C@](C)(O)C1. The predicted octanol–water partition coefficient (Wildman–Crippen LogP) is 1.93. The Balaban J connectivity index is 2.33. The van der Waals surface area contributed by atoms with E-state index in [0.717, 1.165) is 0 Å². The number of aliphatic hydroxyl groups is 4. The first-order valence-corrected chi connectivity index (χ1v) is 13.4. The lowest BCUT2D eigenvalue weighted by Gasteiger charge is -2.41. The van der Waals surface area contributed by atoms with Crippen molar-refractivity contribution < 1.29 is 39.4 Å².